The zero-order valence-electron chi connectivity index (χ0n) is 15.9. The second-order valence-electron chi connectivity index (χ2n) is 8.67. The molecule has 1 N–H and O–H groups in total. The van der Waals surface area contributed by atoms with E-state index in [-0.39, 0.29) is 24.3 Å². The van der Waals surface area contributed by atoms with Gasteiger partial charge >= 0.3 is 24.2 Å². The molecule has 2 unspecified atom stereocenters. The molecule has 4 nitrogen and oxygen atoms in total. The van der Waals surface area contributed by atoms with Gasteiger partial charge in [0.2, 0.25) is 0 Å². The van der Waals surface area contributed by atoms with Crippen molar-refractivity contribution >= 4 is 23.5 Å². The van der Waals surface area contributed by atoms with Crippen LogP contribution in [0.15, 0.2) is 30.3 Å². The summed E-state index contributed by atoms with van der Waals surface area (Å²) in [6.07, 6.45) is -9.58. The molecule has 0 heterocycles. The van der Waals surface area contributed by atoms with Crippen LogP contribution in [0.5, 0.6) is 0 Å². The summed E-state index contributed by atoms with van der Waals surface area (Å²) in [7, 11) is 0. The third kappa shape index (κ3) is 3.76. The predicted molar refractivity (Wildman–Crippen MR) is 95.8 cm³/mol. The lowest BCUT2D eigenvalue weighted by molar-refractivity contribution is -0.224. The normalized spacial score (nSPS) is 35.1. The molecule has 0 aromatic heterocycles. The van der Waals surface area contributed by atoms with Crippen LogP contribution in [0.25, 0.3) is 0 Å². The number of esters is 1. The van der Waals surface area contributed by atoms with Crippen molar-refractivity contribution in [2.45, 2.75) is 54.6 Å². The lowest BCUT2D eigenvalue weighted by Gasteiger charge is -2.46. The van der Waals surface area contributed by atoms with Crippen LogP contribution in [0.4, 0.5) is 26.3 Å². The van der Waals surface area contributed by atoms with Gasteiger partial charge in [-0.2, -0.15) is 26.3 Å². The van der Waals surface area contributed by atoms with Crippen molar-refractivity contribution in [3.63, 3.8) is 0 Å². The van der Waals surface area contributed by atoms with Gasteiger partial charge < -0.3 is 10.1 Å². The number of carbonyl (C=O) groups is 2. The maximum Gasteiger partial charge on any atom is 0.490 e. The van der Waals surface area contributed by atoms with E-state index in [1.54, 1.807) is 6.07 Å². The van der Waals surface area contributed by atoms with E-state index in [4.69, 9.17) is 16.3 Å². The van der Waals surface area contributed by atoms with Gasteiger partial charge in [-0.25, -0.2) is 4.79 Å². The van der Waals surface area contributed by atoms with Crippen molar-refractivity contribution < 1.29 is 40.7 Å². The Morgan fingerprint density at radius 1 is 1.06 bits per heavy atom. The van der Waals surface area contributed by atoms with E-state index in [9.17, 15) is 35.9 Å². The van der Waals surface area contributed by atoms with Gasteiger partial charge in [0.25, 0.3) is 0 Å². The van der Waals surface area contributed by atoms with Crippen LogP contribution in [-0.4, -0.2) is 34.7 Å². The molecule has 31 heavy (non-hydrogen) atoms. The summed E-state index contributed by atoms with van der Waals surface area (Å²) in [6, 6.07) is 6.30. The zero-order valence-corrected chi connectivity index (χ0v) is 16.7. The smallest absolute Gasteiger partial charge is 0.452 e. The molecule has 4 bridgehead atoms. The Kier molecular flexibility index (Phi) is 5.03. The number of hydrogen-bond donors (Lipinski definition) is 1. The molecule has 5 rings (SSSR count). The van der Waals surface area contributed by atoms with Crippen LogP contribution < -0.4 is 5.32 Å². The number of alkyl halides is 7. The number of amides is 1. The fraction of sp³-hybridized carbons (Fsp3) is 0.600. The Bertz CT molecular complexity index is 891. The first-order valence-corrected chi connectivity index (χ1v) is 10.0. The standard InChI is InChI=1S/C20H18ClF6NO3/c21-17-7-10-6-12(17)13(18(8-10,9-17)31-16(30)20(25,26)27)14(11-4-2-1-3-5-11)28-15(29)19(22,23)24/h1-5,10,12-14H,6-9H2,(H,28,29)/t10?,12?,13-,14-,17-,18+/m0/s1. The lowest BCUT2D eigenvalue weighted by atomic mass is 9.67. The molecular weight excluding hydrogens is 452 g/mol. The molecule has 1 amide bonds. The number of rotatable bonds is 4. The monoisotopic (exact) mass is 469 g/mol. The van der Waals surface area contributed by atoms with Crippen molar-refractivity contribution in [1.82, 2.24) is 5.32 Å². The highest BCUT2D eigenvalue weighted by Crippen LogP contribution is 2.71. The molecule has 1 aromatic rings. The first kappa shape index (κ1) is 22.2. The summed E-state index contributed by atoms with van der Waals surface area (Å²) in [5.74, 6) is -6.30. The largest absolute Gasteiger partial charge is 0.490 e. The average Bonchev–Trinajstić information content (AvgIpc) is 2.97. The van der Waals surface area contributed by atoms with E-state index in [1.165, 1.54) is 24.3 Å². The summed E-state index contributed by atoms with van der Waals surface area (Å²) in [5.41, 5.74) is -1.46. The fourth-order valence-corrected chi connectivity index (χ4v) is 6.65. The number of benzene rings is 1. The number of carbonyl (C=O) groups excluding carboxylic acids is 2. The molecule has 0 saturated heterocycles. The third-order valence-electron chi connectivity index (χ3n) is 6.74. The Morgan fingerprint density at radius 2 is 1.71 bits per heavy atom. The van der Waals surface area contributed by atoms with Crippen molar-refractivity contribution in [3.05, 3.63) is 35.9 Å². The van der Waals surface area contributed by atoms with Crippen molar-refractivity contribution in [2.24, 2.45) is 17.8 Å². The summed E-state index contributed by atoms with van der Waals surface area (Å²) in [6.45, 7) is 0. The van der Waals surface area contributed by atoms with Gasteiger partial charge in [0.15, 0.2) is 0 Å². The van der Waals surface area contributed by atoms with Crippen molar-refractivity contribution in [2.75, 3.05) is 0 Å². The molecule has 4 aliphatic carbocycles. The molecule has 4 aliphatic rings. The number of hydrogen-bond acceptors (Lipinski definition) is 3. The van der Waals surface area contributed by atoms with Gasteiger partial charge in [-0.1, -0.05) is 30.3 Å². The molecular formula is C20H18ClF6NO3. The van der Waals surface area contributed by atoms with Gasteiger partial charge in [0.05, 0.1) is 10.9 Å². The Balaban J connectivity index is 1.78. The topological polar surface area (TPSA) is 55.4 Å². The van der Waals surface area contributed by atoms with Crippen LogP contribution in [-0.2, 0) is 14.3 Å². The lowest BCUT2D eigenvalue weighted by Crippen LogP contribution is -2.53. The van der Waals surface area contributed by atoms with Crippen LogP contribution in [0.3, 0.4) is 0 Å². The Hall–Kier alpha value is -1.97. The van der Waals surface area contributed by atoms with Crippen molar-refractivity contribution in [3.8, 4) is 0 Å². The van der Waals surface area contributed by atoms with Gasteiger partial charge in [0, 0.05) is 12.3 Å². The first-order valence-electron chi connectivity index (χ1n) is 9.67. The van der Waals surface area contributed by atoms with E-state index >= 15 is 0 Å². The first-order chi connectivity index (χ1) is 14.3. The minimum absolute atomic E-state index is 0.0513. The highest BCUT2D eigenvalue weighted by molar-refractivity contribution is 6.24. The quantitative estimate of drug-likeness (QED) is 0.396. The SMILES string of the molecule is O=C(N[C@@H](c1ccccc1)[C@@H]1C2CC3C[C@]2(Cl)C[C@]1(OC(=O)C(F)(F)F)C3)C(F)(F)F. The molecule has 4 fully saturated rings. The Labute approximate surface area is 178 Å². The van der Waals surface area contributed by atoms with Crippen LogP contribution in [0.1, 0.15) is 37.3 Å². The van der Waals surface area contributed by atoms with E-state index in [0.717, 1.165) is 0 Å². The van der Waals surface area contributed by atoms with Gasteiger partial charge in [-0.15, -0.1) is 11.6 Å². The average molecular weight is 470 g/mol. The molecule has 0 aliphatic heterocycles. The second-order valence-corrected chi connectivity index (χ2v) is 9.42. The summed E-state index contributed by atoms with van der Waals surface area (Å²) in [5, 5.41) is 1.94. The van der Waals surface area contributed by atoms with Crippen LogP contribution in [0, 0.1) is 17.8 Å². The van der Waals surface area contributed by atoms with Crippen LogP contribution in [0.2, 0.25) is 0 Å². The molecule has 0 radical (unpaired) electrons. The molecule has 4 saturated carbocycles. The maximum atomic E-state index is 13.1. The summed E-state index contributed by atoms with van der Waals surface area (Å²) < 4.78 is 83.2. The molecule has 1 aromatic carbocycles. The van der Waals surface area contributed by atoms with Gasteiger partial charge in [-0.05, 0) is 36.7 Å². The maximum absolute atomic E-state index is 13.1. The minimum Gasteiger partial charge on any atom is -0.452 e. The molecule has 0 spiro atoms. The van der Waals surface area contributed by atoms with Crippen LogP contribution >= 0.6 is 11.6 Å². The van der Waals surface area contributed by atoms with E-state index in [1.807, 2.05) is 5.32 Å². The van der Waals surface area contributed by atoms with Crippen molar-refractivity contribution in [1.29, 1.82) is 0 Å². The van der Waals surface area contributed by atoms with E-state index in [2.05, 4.69) is 0 Å². The highest BCUT2D eigenvalue weighted by atomic mass is 35.5. The molecule has 6 atom stereocenters. The van der Waals surface area contributed by atoms with Gasteiger partial charge in [-0.3, -0.25) is 4.79 Å². The minimum atomic E-state index is -5.27. The van der Waals surface area contributed by atoms with E-state index in [0.29, 0.717) is 12.8 Å². The molecule has 170 valence electrons. The summed E-state index contributed by atoms with van der Waals surface area (Å²) in [4.78, 5) is 22.6. The van der Waals surface area contributed by atoms with Gasteiger partial charge in [0.1, 0.15) is 5.60 Å². The third-order valence-corrected chi connectivity index (χ3v) is 7.31. The number of nitrogens with one attached hydrogen (secondary N) is 1. The second kappa shape index (κ2) is 7.02. The predicted octanol–water partition coefficient (Wildman–Crippen LogP) is 4.68. The highest BCUT2D eigenvalue weighted by Gasteiger charge is 2.73. The van der Waals surface area contributed by atoms with E-state index < -0.39 is 52.6 Å². The fourth-order valence-electron chi connectivity index (χ4n) is 5.98. The zero-order chi connectivity index (χ0) is 22.8. The number of halogens is 7. The number of ether oxygens (including phenoxy) is 1. The molecule has 11 heteroatoms. The summed E-state index contributed by atoms with van der Waals surface area (Å²) >= 11 is 6.73. The Morgan fingerprint density at radius 3 is 2.29 bits per heavy atom.